The summed E-state index contributed by atoms with van der Waals surface area (Å²) in [5.41, 5.74) is 2.46. The number of aliphatic hydroxyl groups is 1. The molecule has 1 aromatic heterocycles. The van der Waals surface area contributed by atoms with Gasteiger partial charge >= 0.3 is 0 Å². The summed E-state index contributed by atoms with van der Waals surface area (Å²) in [6.45, 7) is 2.46. The number of likely N-dealkylation sites (tertiary alicyclic amines) is 1. The normalized spacial score (nSPS) is 16.0. The first-order valence-electron chi connectivity index (χ1n) is 8.02. The number of thiophene rings is 1. The van der Waals surface area contributed by atoms with E-state index in [1.165, 1.54) is 16.0 Å². The first-order valence-corrected chi connectivity index (χ1v) is 8.90. The third-order valence-corrected chi connectivity index (χ3v) is 4.98. The molecule has 2 aromatic rings. The van der Waals surface area contributed by atoms with Crippen LogP contribution in [0.5, 0.6) is 0 Å². The molecule has 0 radical (unpaired) electrons. The van der Waals surface area contributed by atoms with E-state index in [9.17, 15) is 9.90 Å². The molecule has 0 spiro atoms. The van der Waals surface area contributed by atoms with Crippen LogP contribution in [0.1, 0.15) is 17.7 Å². The van der Waals surface area contributed by atoms with Gasteiger partial charge in [0.05, 0.1) is 6.10 Å². The van der Waals surface area contributed by atoms with Crippen LogP contribution < -0.4 is 5.32 Å². The first-order chi connectivity index (χ1) is 11.2. The molecule has 1 saturated heterocycles. The Morgan fingerprint density at radius 3 is 2.83 bits per heavy atom. The summed E-state index contributed by atoms with van der Waals surface area (Å²) in [6, 6.07) is 12.5. The van der Waals surface area contributed by atoms with Crippen molar-refractivity contribution >= 4 is 17.2 Å². The molecule has 3 rings (SSSR count). The lowest BCUT2D eigenvalue weighted by Gasteiger charge is -2.20. The summed E-state index contributed by atoms with van der Waals surface area (Å²) in [7, 11) is 0. The lowest BCUT2D eigenvalue weighted by molar-refractivity contribution is -0.128. The number of amides is 1. The Bertz CT molecular complexity index is 641. The van der Waals surface area contributed by atoms with Crippen LogP contribution in [-0.2, 0) is 11.3 Å². The van der Waals surface area contributed by atoms with Crippen LogP contribution in [0.4, 0.5) is 0 Å². The van der Waals surface area contributed by atoms with Crippen LogP contribution >= 0.6 is 11.3 Å². The van der Waals surface area contributed by atoms with Crippen LogP contribution in [-0.4, -0.2) is 41.7 Å². The molecular formula is C18H22N2O2S. The van der Waals surface area contributed by atoms with Gasteiger partial charge in [0.25, 0.3) is 0 Å². The zero-order valence-electron chi connectivity index (χ0n) is 13.1. The second-order valence-electron chi connectivity index (χ2n) is 5.90. The second-order valence-corrected chi connectivity index (χ2v) is 6.89. The smallest absolute Gasteiger partial charge is 0.222 e. The van der Waals surface area contributed by atoms with E-state index in [0.29, 0.717) is 19.5 Å². The van der Waals surface area contributed by atoms with Crippen LogP contribution in [0.3, 0.4) is 0 Å². The van der Waals surface area contributed by atoms with Gasteiger partial charge in [0, 0.05) is 37.5 Å². The number of hydrogen-bond acceptors (Lipinski definition) is 4. The van der Waals surface area contributed by atoms with Crippen LogP contribution in [0.15, 0.2) is 41.8 Å². The molecule has 1 aromatic carbocycles. The van der Waals surface area contributed by atoms with E-state index in [0.717, 1.165) is 19.5 Å². The molecule has 1 aliphatic rings. The quantitative estimate of drug-likeness (QED) is 0.820. The van der Waals surface area contributed by atoms with Crippen molar-refractivity contribution in [3.63, 3.8) is 0 Å². The second kappa shape index (κ2) is 7.73. The van der Waals surface area contributed by atoms with Crippen molar-refractivity contribution in [3.8, 4) is 11.1 Å². The van der Waals surface area contributed by atoms with Gasteiger partial charge in [-0.25, -0.2) is 0 Å². The summed E-state index contributed by atoms with van der Waals surface area (Å²) in [6.07, 6.45) is 1.03. The van der Waals surface area contributed by atoms with Crippen molar-refractivity contribution in [3.05, 3.63) is 46.7 Å². The first kappa shape index (κ1) is 16.2. The molecule has 0 aliphatic carbocycles. The monoisotopic (exact) mass is 330 g/mol. The van der Waals surface area contributed by atoms with E-state index in [4.69, 9.17) is 0 Å². The Hall–Kier alpha value is -1.69. The van der Waals surface area contributed by atoms with Gasteiger partial charge < -0.3 is 15.3 Å². The molecule has 2 N–H and O–H groups in total. The molecular weight excluding hydrogens is 308 g/mol. The molecule has 0 bridgehead atoms. The standard InChI is InChI=1S/C18H22N2O2S/c21-16(12-20-8-4-7-18(20)22)10-19-11-17-9-15(13-23-17)14-5-2-1-3-6-14/h1-3,5-6,9,13,16,19,21H,4,7-8,10-12H2. The minimum atomic E-state index is -0.509. The molecule has 23 heavy (non-hydrogen) atoms. The highest BCUT2D eigenvalue weighted by Crippen LogP contribution is 2.25. The van der Waals surface area contributed by atoms with Crippen molar-refractivity contribution in [1.82, 2.24) is 10.2 Å². The molecule has 1 unspecified atom stereocenters. The van der Waals surface area contributed by atoms with Crippen LogP contribution in [0.2, 0.25) is 0 Å². The zero-order chi connectivity index (χ0) is 16.1. The Kier molecular flexibility index (Phi) is 5.43. The Morgan fingerprint density at radius 2 is 2.09 bits per heavy atom. The van der Waals surface area contributed by atoms with Crippen LogP contribution in [0.25, 0.3) is 11.1 Å². The molecule has 1 fully saturated rings. The largest absolute Gasteiger partial charge is 0.390 e. The Labute approximate surface area is 140 Å². The number of β-amino-alcohol motifs (C(OH)–C–C–N with tert-alkyl or cyclic N) is 1. The summed E-state index contributed by atoms with van der Waals surface area (Å²) < 4.78 is 0. The van der Waals surface area contributed by atoms with Gasteiger partial charge in [0.1, 0.15) is 0 Å². The van der Waals surface area contributed by atoms with E-state index in [1.807, 2.05) is 18.2 Å². The third-order valence-electron chi connectivity index (χ3n) is 4.04. The highest BCUT2D eigenvalue weighted by atomic mass is 32.1. The number of nitrogens with one attached hydrogen (secondary N) is 1. The molecule has 1 atom stereocenters. The van der Waals surface area contributed by atoms with Crippen molar-refractivity contribution in [1.29, 1.82) is 0 Å². The number of nitrogens with zero attached hydrogens (tertiary/aromatic N) is 1. The predicted octanol–water partition coefficient (Wildman–Crippen LogP) is 2.49. The van der Waals surface area contributed by atoms with Crippen molar-refractivity contribution in [2.45, 2.75) is 25.5 Å². The van der Waals surface area contributed by atoms with E-state index in [1.54, 1.807) is 16.2 Å². The number of aliphatic hydroxyl groups excluding tert-OH is 1. The average Bonchev–Trinajstić information content (AvgIpc) is 3.18. The summed E-state index contributed by atoms with van der Waals surface area (Å²) >= 11 is 1.72. The van der Waals surface area contributed by atoms with Gasteiger partial charge in [-0.15, -0.1) is 11.3 Å². The maximum atomic E-state index is 11.5. The SMILES string of the molecule is O=C1CCCN1CC(O)CNCc1cc(-c2ccccc2)cs1. The number of benzene rings is 1. The van der Waals surface area contributed by atoms with E-state index < -0.39 is 6.10 Å². The highest BCUT2D eigenvalue weighted by molar-refractivity contribution is 7.10. The molecule has 1 aliphatic heterocycles. The third kappa shape index (κ3) is 4.41. The lowest BCUT2D eigenvalue weighted by Crippen LogP contribution is -2.38. The number of carbonyl (C=O) groups is 1. The van der Waals surface area contributed by atoms with Gasteiger partial charge in [-0.1, -0.05) is 30.3 Å². The van der Waals surface area contributed by atoms with Crippen molar-refractivity contribution in [2.24, 2.45) is 0 Å². The molecule has 2 heterocycles. The predicted molar refractivity (Wildman–Crippen MR) is 93.3 cm³/mol. The maximum absolute atomic E-state index is 11.5. The van der Waals surface area contributed by atoms with Gasteiger partial charge in [-0.2, -0.15) is 0 Å². The molecule has 1 amide bonds. The summed E-state index contributed by atoms with van der Waals surface area (Å²) in [5, 5.41) is 15.5. The number of carbonyl (C=O) groups excluding carboxylic acids is 1. The molecule has 0 saturated carbocycles. The minimum Gasteiger partial charge on any atom is -0.390 e. The summed E-state index contributed by atoms with van der Waals surface area (Å²) in [4.78, 5) is 14.5. The van der Waals surface area contributed by atoms with Gasteiger partial charge in [-0.05, 0) is 29.0 Å². The minimum absolute atomic E-state index is 0.162. The fourth-order valence-corrected chi connectivity index (χ4v) is 3.70. The number of hydrogen-bond donors (Lipinski definition) is 2. The molecule has 5 heteroatoms. The fourth-order valence-electron chi connectivity index (χ4n) is 2.83. The van der Waals surface area contributed by atoms with E-state index >= 15 is 0 Å². The van der Waals surface area contributed by atoms with Gasteiger partial charge in [0.15, 0.2) is 0 Å². The highest BCUT2D eigenvalue weighted by Gasteiger charge is 2.22. The summed E-state index contributed by atoms with van der Waals surface area (Å²) in [5.74, 6) is 0.162. The van der Waals surface area contributed by atoms with Gasteiger partial charge in [0.2, 0.25) is 5.91 Å². The average molecular weight is 330 g/mol. The van der Waals surface area contributed by atoms with Crippen LogP contribution in [0, 0.1) is 0 Å². The fraction of sp³-hybridized carbons (Fsp3) is 0.389. The maximum Gasteiger partial charge on any atom is 0.222 e. The molecule has 4 nitrogen and oxygen atoms in total. The van der Waals surface area contributed by atoms with Gasteiger partial charge in [-0.3, -0.25) is 4.79 Å². The van der Waals surface area contributed by atoms with E-state index in [-0.39, 0.29) is 5.91 Å². The number of rotatable bonds is 7. The topological polar surface area (TPSA) is 52.6 Å². The van der Waals surface area contributed by atoms with E-state index in [2.05, 4.69) is 28.9 Å². The Balaban J connectivity index is 1.44. The lowest BCUT2D eigenvalue weighted by atomic mass is 10.1. The van der Waals surface area contributed by atoms with Crippen molar-refractivity contribution in [2.75, 3.05) is 19.6 Å². The van der Waals surface area contributed by atoms with Crippen molar-refractivity contribution < 1.29 is 9.90 Å². The Morgan fingerprint density at radius 1 is 1.26 bits per heavy atom. The zero-order valence-corrected chi connectivity index (χ0v) is 13.9. The molecule has 122 valence electrons.